The molecule has 0 aliphatic heterocycles. The molecular weight excluding hydrogens is 340 g/mol. The van der Waals surface area contributed by atoms with Crippen molar-refractivity contribution in [2.24, 2.45) is 10.9 Å². The first-order chi connectivity index (χ1) is 13.7. The summed E-state index contributed by atoms with van der Waals surface area (Å²) in [5.74, 6) is 0.665. The number of hydrogen-bond acceptors (Lipinski definition) is 2. The molecule has 28 heavy (non-hydrogen) atoms. The maximum Gasteiger partial charge on any atom is 0.0884 e. The smallest absolute Gasteiger partial charge is 0.0884 e. The van der Waals surface area contributed by atoms with Crippen molar-refractivity contribution in [3.63, 3.8) is 0 Å². The number of benzene rings is 2. The monoisotopic (exact) mass is 370 g/mol. The van der Waals surface area contributed by atoms with Gasteiger partial charge >= 0.3 is 0 Å². The normalized spacial score (nSPS) is 17.8. The minimum Gasteiger partial charge on any atom is -0.251 e. The van der Waals surface area contributed by atoms with E-state index in [9.17, 15) is 0 Å². The lowest BCUT2D eigenvalue weighted by Gasteiger charge is -2.26. The second-order valence-corrected chi connectivity index (χ2v) is 7.94. The van der Waals surface area contributed by atoms with Crippen LogP contribution in [0.25, 0.3) is 10.9 Å². The molecule has 0 spiro atoms. The summed E-state index contributed by atoms with van der Waals surface area (Å²) < 4.78 is 0. The number of aliphatic imine (C=N–C) groups is 1. The van der Waals surface area contributed by atoms with Crippen LogP contribution in [0.4, 0.5) is 5.69 Å². The summed E-state index contributed by atoms with van der Waals surface area (Å²) >= 11 is 0. The van der Waals surface area contributed by atoms with Gasteiger partial charge in [-0.1, -0.05) is 70.0 Å². The van der Waals surface area contributed by atoms with Crippen LogP contribution >= 0.6 is 0 Å². The molecule has 144 valence electrons. The molecule has 0 radical (unpaired) electrons. The Morgan fingerprint density at radius 2 is 1.68 bits per heavy atom. The zero-order valence-corrected chi connectivity index (χ0v) is 17.3. The fourth-order valence-electron chi connectivity index (χ4n) is 4.52. The Hall–Kier alpha value is -2.48. The zero-order valence-electron chi connectivity index (χ0n) is 17.3. The number of rotatable bonds is 5. The van der Waals surface area contributed by atoms with E-state index in [0.717, 1.165) is 36.9 Å². The quantitative estimate of drug-likeness (QED) is 0.482. The van der Waals surface area contributed by atoms with Crippen LogP contribution in [-0.4, -0.2) is 10.7 Å². The lowest BCUT2D eigenvalue weighted by molar-refractivity contribution is 0.484. The van der Waals surface area contributed by atoms with E-state index in [-0.39, 0.29) is 0 Å². The maximum absolute atomic E-state index is 5.29. The Morgan fingerprint density at radius 3 is 2.39 bits per heavy atom. The van der Waals surface area contributed by atoms with Crippen LogP contribution in [0, 0.1) is 5.92 Å². The number of nitrogens with zero attached hydrogens (tertiary/aromatic N) is 2. The van der Waals surface area contributed by atoms with E-state index in [1.165, 1.54) is 46.3 Å². The second kappa shape index (κ2) is 8.26. The summed E-state index contributed by atoms with van der Waals surface area (Å²) in [6.45, 7) is 6.73. The molecule has 0 saturated heterocycles. The van der Waals surface area contributed by atoms with Gasteiger partial charge in [0.15, 0.2) is 0 Å². The number of aromatic nitrogens is 1. The van der Waals surface area contributed by atoms with Gasteiger partial charge in [0.05, 0.1) is 22.6 Å². The molecule has 0 saturated carbocycles. The van der Waals surface area contributed by atoms with Crippen LogP contribution in [0.2, 0.25) is 0 Å². The average molecular weight is 371 g/mol. The summed E-state index contributed by atoms with van der Waals surface area (Å²) in [4.78, 5) is 10.4. The van der Waals surface area contributed by atoms with Crippen LogP contribution in [0.5, 0.6) is 0 Å². The molecule has 4 rings (SSSR count). The van der Waals surface area contributed by atoms with Gasteiger partial charge in [-0.05, 0) is 60.4 Å². The Bertz CT molecular complexity index is 994. The van der Waals surface area contributed by atoms with Crippen molar-refractivity contribution in [2.45, 2.75) is 59.3 Å². The van der Waals surface area contributed by atoms with Gasteiger partial charge in [0.1, 0.15) is 0 Å². The van der Waals surface area contributed by atoms with Crippen molar-refractivity contribution in [3.05, 3.63) is 70.9 Å². The van der Waals surface area contributed by atoms with Crippen molar-refractivity contribution in [1.29, 1.82) is 0 Å². The third-order valence-corrected chi connectivity index (χ3v) is 5.98. The van der Waals surface area contributed by atoms with E-state index in [1.807, 2.05) is 0 Å². The van der Waals surface area contributed by atoms with E-state index in [4.69, 9.17) is 9.98 Å². The lowest BCUT2D eigenvalue weighted by Crippen LogP contribution is -2.22. The predicted octanol–water partition coefficient (Wildman–Crippen LogP) is 6.84. The van der Waals surface area contributed by atoms with Crippen molar-refractivity contribution >= 4 is 22.3 Å². The maximum atomic E-state index is 5.29. The van der Waals surface area contributed by atoms with Crippen LogP contribution < -0.4 is 0 Å². The van der Waals surface area contributed by atoms with Gasteiger partial charge in [0.25, 0.3) is 0 Å². The molecule has 1 aliphatic carbocycles. The van der Waals surface area contributed by atoms with Crippen molar-refractivity contribution in [3.8, 4) is 0 Å². The molecule has 0 N–H and O–H groups in total. The van der Waals surface area contributed by atoms with Crippen LogP contribution in [0.15, 0.2) is 53.5 Å². The van der Waals surface area contributed by atoms with Crippen molar-refractivity contribution in [1.82, 2.24) is 4.98 Å². The van der Waals surface area contributed by atoms with Crippen molar-refractivity contribution < 1.29 is 0 Å². The van der Waals surface area contributed by atoms with Gasteiger partial charge in [-0.15, -0.1) is 0 Å². The van der Waals surface area contributed by atoms with E-state index in [0.29, 0.717) is 5.92 Å². The minimum atomic E-state index is 0.665. The number of para-hydroxylation sites is 2. The Kier molecular flexibility index (Phi) is 5.57. The number of hydrogen-bond donors (Lipinski definition) is 0. The largest absolute Gasteiger partial charge is 0.251 e. The first-order valence-electron chi connectivity index (χ1n) is 10.8. The molecule has 0 amide bonds. The second-order valence-electron chi connectivity index (χ2n) is 7.94. The number of pyridine rings is 1. The molecule has 1 aliphatic rings. The fourth-order valence-corrected chi connectivity index (χ4v) is 4.52. The summed E-state index contributed by atoms with van der Waals surface area (Å²) in [7, 11) is 0. The summed E-state index contributed by atoms with van der Waals surface area (Å²) in [5.41, 5.74) is 8.61. The zero-order chi connectivity index (χ0) is 19.5. The highest BCUT2D eigenvalue weighted by Crippen LogP contribution is 2.33. The molecule has 0 bridgehead atoms. The lowest BCUT2D eigenvalue weighted by atomic mass is 9.82. The molecule has 1 aromatic heterocycles. The highest BCUT2D eigenvalue weighted by Gasteiger charge is 2.25. The first-order valence-corrected chi connectivity index (χ1v) is 10.8. The van der Waals surface area contributed by atoms with Gasteiger partial charge < -0.3 is 0 Å². The van der Waals surface area contributed by atoms with Gasteiger partial charge in [-0.3, -0.25) is 4.99 Å². The average Bonchev–Trinajstić information content (AvgIpc) is 2.73. The highest BCUT2D eigenvalue weighted by molar-refractivity contribution is 6.04. The third kappa shape index (κ3) is 3.61. The Morgan fingerprint density at radius 1 is 0.929 bits per heavy atom. The Balaban J connectivity index is 1.89. The molecule has 1 unspecified atom stereocenters. The van der Waals surface area contributed by atoms with Crippen LogP contribution in [0.1, 0.15) is 62.4 Å². The van der Waals surface area contributed by atoms with Crippen molar-refractivity contribution in [2.75, 3.05) is 0 Å². The molecule has 3 aromatic rings. The van der Waals surface area contributed by atoms with Crippen LogP contribution in [-0.2, 0) is 19.3 Å². The van der Waals surface area contributed by atoms with E-state index in [2.05, 4.69) is 69.3 Å². The van der Waals surface area contributed by atoms with E-state index in [1.54, 1.807) is 0 Å². The molecule has 2 nitrogen and oxygen atoms in total. The van der Waals surface area contributed by atoms with E-state index >= 15 is 0 Å². The SMILES string of the molecule is CCCC1CC(=Nc2c(CC)cccc2CC)c2nc3ccccc3cc2C1. The van der Waals surface area contributed by atoms with E-state index < -0.39 is 0 Å². The summed E-state index contributed by atoms with van der Waals surface area (Å²) in [5, 5.41) is 1.24. The summed E-state index contributed by atoms with van der Waals surface area (Å²) in [6.07, 6.45) is 6.65. The Labute approximate surface area is 168 Å². The van der Waals surface area contributed by atoms with Gasteiger partial charge in [0, 0.05) is 5.39 Å². The number of fused-ring (bicyclic) bond motifs is 2. The standard InChI is InChI=1S/C26H30N2/c1-4-10-18-15-22-17-21-11-7-8-14-23(21)27-26(22)24(16-18)28-25-19(5-2)12-9-13-20(25)6-3/h7-9,11-14,17-18H,4-6,10,15-16H2,1-3H3. The third-order valence-electron chi connectivity index (χ3n) is 5.98. The first kappa shape index (κ1) is 18.9. The van der Waals surface area contributed by atoms with Crippen LogP contribution in [0.3, 0.4) is 0 Å². The molecule has 0 fully saturated rings. The molecule has 2 heteroatoms. The van der Waals surface area contributed by atoms with Gasteiger partial charge in [-0.2, -0.15) is 0 Å². The highest BCUT2D eigenvalue weighted by atomic mass is 14.8. The predicted molar refractivity (Wildman–Crippen MR) is 120 cm³/mol. The molecule has 1 heterocycles. The fraction of sp³-hybridized carbons (Fsp3) is 0.385. The van der Waals surface area contributed by atoms with Gasteiger partial charge in [-0.25, -0.2) is 4.98 Å². The molecule has 1 atom stereocenters. The molecule has 2 aromatic carbocycles. The summed E-state index contributed by atoms with van der Waals surface area (Å²) in [6, 6.07) is 17.4. The van der Waals surface area contributed by atoms with Gasteiger partial charge in [0.2, 0.25) is 0 Å². The molecular formula is C26H30N2. The number of aryl methyl sites for hydroxylation is 2. The topological polar surface area (TPSA) is 25.2 Å². The minimum absolute atomic E-state index is 0.665.